The minimum Gasteiger partial charge on any atom is -0.313 e. The highest BCUT2D eigenvalue weighted by atomic mass is 79.9. The molecule has 0 aliphatic carbocycles. The van der Waals surface area contributed by atoms with E-state index in [0.717, 1.165) is 12.1 Å². The van der Waals surface area contributed by atoms with Crippen LogP contribution in [0.15, 0.2) is 12.1 Å². The van der Waals surface area contributed by atoms with Crippen LogP contribution in [0.5, 0.6) is 0 Å². The quantitative estimate of drug-likeness (QED) is 0.631. The van der Waals surface area contributed by atoms with Gasteiger partial charge in [-0.15, -0.1) is 10.2 Å². The van der Waals surface area contributed by atoms with Gasteiger partial charge in [-0.25, -0.2) is 13.2 Å². The van der Waals surface area contributed by atoms with Gasteiger partial charge >= 0.3 is 0 Å². The molecule has 0 spiro atoms. The lowest BCUT2D eigenvalue weighted by Gasteiger charge is -2.04. The zero-order chi connectivity index (χ0) is 12.6. The van der Waals surface area contributed by atoms with Gasteiger partial charge in [-0.05, 0) is 12.1 Å². The highest BCUT2D eigenvalue weighted by molar-refractivity contribution is 9.08. The molecule has 0 aliphatic rings. The van der Waals surface area contributed by atoms with Crippen LogP contribution >= 0.6 is 15.9 Å². The van der Waals surface area contributed by atoms with Crippen molar-refractivity contribution in [2.45, 2.75) is 5.33 Å². The maximum Gasteiger partial charge on any atom is 0.195 e. The van der Waals surface area contributed by atoms with Gasteiger partial charge in [-0.2, -0.15) is 0 Å². The van der Waals surface area contributed by atoms with Gasteiger partial charge < -0.3 is 4.57 Å². The fourth-order valence-corrected chi connectivity index (χ4v) is 1.90. The second kappa shape index (κ2) is 4.48. The summed E-state index contributed by atoms with van der Waals surface area (Å²) < 4.78 is 40.9. The molecule has 0 atom stereocenters. The van der Waals surface area contributed by atoms with Crippen LogP contribution in [0.25, 0.3) is 11.4 Å². The number of hydrogen-bond acceptors (Lipinski definition) is 2. The molecule has 2 rings (SSSR count). The Kier molecular flexibility index (Phi) is 3.19. The van der Waals surface area contributed by atoms with Gasteiger partial charge in [0.25, 0.3) is 0 Å². The molecule has 0 aliphatic heterocycles. The number of nitrogens with zero attached hydrogens (tertiary/aromatic N) is 3. The van der Waals surface area contributed by atoms with Crippen molar-refractivity contribution in [3.63, 3.8) is 0 Å². The third-order valence-corrected chi connectivity index (χ3v) is 2.86. The van der Waals surface area contributed by atoms with Crippen molar-refractivity contribution in [3.8, 4) is 11.4 Å². The van der Waals surface area contributed by atoms with Crippen LogP contribution in [0.1, 0.15) is 5.82 Å². The Bertz CT molecular complexity index is 568. The maximum atomic E-state index is 13.5. The van der Waals surface area contributed by atoms with E-state index < -0.39 is 17.5 Å². The Labute approximate surface area is 103 Å². The average molecular weight is 306 g/mol. The maximum absolute atomic E-state index is 13.5. The summed E-state index contributed by atoms with van der Waals surface area (Å²) in [5.41, 5.74) is -0.119. The van der Waals surface area contributed by atoms with Crippen molar-refractivity contribution in [1.82, 2.24) is 14.8 Å². The molecule has 90 valence electrons. The second-order valence-corrected chi connectivity index (χ2v) is 3.92. The Hall–Kier alpha value is -1.37. The van der Waals surface area contributed by atoms with Crippen LogP contribution in [-0.2, 0) is 12.4 Å². The Morgan fingerprint density at radius 2 is 1.88 bits per heavy atom. The highest BCUT2D eigenvalue weighted by Gasteiger charge is 2.19. The smallest absolute Gasteiger partial charge is 0.195 e. The predicted molar refractivity (Wildman–Crippen MR) is 58.9 cm³/mol. The monoisotopic (exact) mass is 305 g/mol. The molecule has 7 heteroatoms. The molecule has 0 radical (unpaired) electrons. The third kappa shape index (κ3) is 1.95. The van der Waals surface area contributed by atoms with Crippen LogP contribution in [0, 0.1) is 17.5 Å². The van der Waals surface area contributed by atoms with Crippen molar-refractivity contribution in [2.75, 3.05) is 0 Å². The van der Waals surface area contributed by atoms with Crippen molar-refractivity contribution < 1.29 is 13.2 Å². The van der Waals surface area contributed by atoms with E-state index in [2.05, 4.69) is 26.1 Å². The molecule has 0 unspecified atom stereocenters. The predicted octanol–water partition coefficient (Wildman–Crippen LogP) is 2.79. The fraction of sp³-hybridized carbons (Fsp3) is 0.200. The molecule has 17 heavy (non-hydrogen) atoms. The average Bonchev–Trinajstić information content (AvgIpc) is 2.68. The molecule has 2 aromatic rings. The first-order valence-electron chi connectivity index (χ1n) is 4.64. The lowest BCUT2D eigenvalue weighted by molar-refractivity contribution is 0.448. The second-order valence-electron chi connectivity index (χ2n) is 3.36. The Morgan fingerprint density at radius 1 is 1.18 bits per heavy atom. The van der Waals surface area contributed by atoms with E-state index in [1.807, 2.05) is 0 Å². The summed E-state index contributed by atoms with van der Waals surface area (Å²) in [5.74, 6) is -3.29. The van der Waals surface area contributed by atoms with Crippen molar-refractivity contribution in [1.29, 1.82) is 0 Å². The molecule has 0 bridgehead atoms. The molecule has 0 fully saturated rings. The third-order valence-electron chi connectivity index (χ3n) is 2.36. The van der Waals surface area contributed by atoms with Gasteiger partial charge in [0, 0.05) is 7.05 Å². The van der Waals surface area contributed by atoms with Gasteiger partial charge in [-0.1, -0.05) is 15.9 Å². The number of aromatic nitrogens is 3. The van der Waals surface area contributed by atoms with Crippen LogP contribution in [-0.4, -0.2) is 14.8 Å². The number of benzene rings is 1. The summed E-state index contributed by atoms with van der Waals surface area (Å²) in [7, 11) is 1.62. The van der Waals surface area contributed by atoms with Crippen molar-refractivity contribution in [2.24, 2.45) is 7.05 Å². The van der Waals surface area contributed by atoms with E-state index >= 15 is 0 Å². The fourth-order valence-electron chi connectivity index (χ4n) is 1.41. The van der Waals surface area contributed by atoms with Gasteiger partial charge in [0.2, 0.25) is 0 Å². The van der Waals surface area contributed by atoms with E-state index in [1.165, 1.54) is 4.57 Å². The molecule has 0 saturated carbocycles. The SMILES string of the molecule is Cn1c(CBr)nnc1-c1ccc(F)c(F)c1F. The molecule has 1 heterocycles. The first-order chi connectivity index (χ1) is 8.06. The van der Waals surface area contributed by atoms with Crippen LogP contribution in [0.4, 0.5) is 13.2 Å². The van der Waals surface area contributed by atoms with Crippen LogP contribution in [0.2, 0.25) is 0 Å². The molecule has 1 aromatic heterocycles. The summed E-state index contributed by atoms with van der Waals surface area (Å²) in [6.45, 7) is 0. The molecular formula is C10H7BrF3N3. The van der Waals surface area contributed by atoms with E-state index in [0.29, 0.717) is 11.2 Å². The van der Waals surface area contributed by atoms with Gasteiger partial charge in [0.1, 0.15) is 5.82 Å². The largest absolute Gasteiger partial charge is 0.313 e. The summed E-state index contributed by atoms with van der Waals surface area (Å²) >= 11 is 3.19. The molecule has 0 saturated heterocycles. The van der Waals surface area contributed by atoms with E-state index in [9.17, 15) is 13.2 Å². The highest BCUT2D eigenvalue weighted by Crippen LogP contribution is 2.24. The van der Waals surface area contributed by atoms with E-state index in [1.54, 1.807) is 7.05 Å². The first-order valence-corrected chi connectivity index (χ1v) is 5.76. The van der Waals surface area contributed by atoms with E-state index in [-0.39, 0.29) is 11.4 Å². The minimum atomic E-state index is -1.51. The van der Waals surface area contributed by atoms with Crippen LogP contribution in [0.3, 0.4) is 0 Å². The number of hydrogen-bond donors (Lipinski definition) is 0. The summed E-state index contributed by atoms with van der Waals surface area (Å²) in [4.78, 5) is 0. The van der Waals surface area contributed by atoms with Gasteiger partial charge in [0.05, 0.1) is 10.9 Å². The number of halogens is 4. The number of rotatable bonds is 2. The molecule has 0 N–H and O–H groups in total. The van der Waals surface area contributed by atoms with Crippen molar-refractivity contribution in [3.05, 3.63) is 35.4 Å². The van der Waals surface area contributed by atoms with E-state index in [4.69, 9.17) is 0 Å². The normalized spacial score (nSPS) is 10.9. The van der Waals surface area contributed by atoms with Crippen LogP contribution < -0.4 is 0 Å². The number of alkyl halides is 1. The Balaban J connectivity index is 2.61. The zero-order valence-electron chi connectivity index (χ0n) is 8.72. The Morgan fingerprint density at radius 3 is 2.47 bits per heavy atom. The lowest BCUT2D eigenvalue weighted by atomic mass is 10.2. The first kappa shape index (κ1) is 12.1. The lowest BCUT2D eigenvalue weighted by Crippen LogP contribution is -2.01. The molecule has 3 nitrogen and oxygen atoms in total. The summed E-state index contributed by atoms with van der Waals surface area (Å²) in [5, 5.41) is 7.96. The molecule has 1 aromatic carbocycles. The standard InChI is InChI=1S/C10H7BrF3N3/c1-17-7(4-11)15-16-10(17)5-2-3-6(12)9(14)8(5)13/h2-3H,4H2,1H3. The molecular weight excluding hydrogens is 299 g/mol. The van der Waals surface area contributed by atoms with Gasteiger partial charge in [0.15, 0.2) is 23.3 Å². The topological polar surface area (TPSA) is 30.7 Å². The minimum absolute atomic E-state index is 0.119. The van der Waals surface area contributed by atoms with Gasteiger partial charge in [-0.3, -0.25) is 0 Å². The summed E-state index contributed by atoms with van der Waals surface area (Å²) in [6.07, 6.45) is 0. The van der Waals surface area contributed by atoms with Crippen molar-refractivity contribution >= 4 is 15.9 Å². The molecule has 0 amide bonds. The zero-order valence-corrected chi connectivity index (χ0v) is 10.3. The summed E-state index contributed by atoms with van der Waals surface area (Å²) in [6, 6.07) is 1.99.